The summed E-state index contributed by atoms with van der Waals surface area (Å²) in [5.74, 6) is 0. The van der Waals surface area contributed by atoms with Gasteiger partial charge in [0, 0.05) is 22.5 Å². The highest BCUT2D eigenvalue weighted by Crippen LogP contribution is 2.46. The molecule has 0 saturated heterocycles. The zero-order valence-corrected chi connectivity index (χ0v) is 18.2. The molecule has 1 unspecified atom stereocenters. The number of rotatable bonds is 5. The van der Waals surface area contributed by atoms with Crippen molar-refractivity contribution in [2.45, 2.75) is 18.9 Å². The zero-order valence-electron chi connectivity index (χ0n) is 18.2. The zero-order chi connectivity index (χ0) is 21.9. The molecule has 3 aromatic carbocycles. The fourth-order valence-electron chi connectivity index (χ4n) is 4.85. The second kappa shape index (κ2) is 8.72. The largest absolute Gasteiger partial charge is 0.333 e. The van der Waals surface area contributed by atoms with E-state index in [1.54, 1.807) is 0 Å². The first kappa shape index (κ1) is 20.1. The minimum Gasteiger partial charge on any atom is -0.333 e. The smallest absolute Gasteiger partial charge is 0.0629 e. The fraction of sp³-hybridized carbons (Fsp3) is 0.0968. The van der Waals surface area contributed by atoms with Crippen molar-refractivity contribution in [1.29, 1.82) is 0 Å². The van der Waals surface area contributed by atoms with Crippen LogP contribution in [0.25, 0.3) is 22.3 Å². The van der Waals surface area contributed by atoms with E-state index in [9.17, 15) is 0 Å². The topological polar surface area (TPSA) is 3.24 Å². The average molecular weight is 414 g/mol. The molecule has 1 aliphatic carbocycles. The number of hydrogen-bond acceptors (Lipinski definition) is 1. The highest BCUT2D eigenvalue weighted by Gasteiger charge is 2.35. The maximum Gasteiger partial charge on any atom is 0.0629 e. The molecule has 0 radical (unpaired) electrons. The summed E-state index contributed by atoms with van der Waals surface area (Å²) in [5.41, 5.74) is 9.62. The normalized spacial score (nSPS) is 17.2. The Morgan fingerprint density at radius 1 is 0.875 bits per heavy atom. The van der Waals surface area contributed by atoms with Gasteiger partial charge < -0.3 is 4.90 Å². The summed E-state index contributed by atoms with van der Waals surface area (Å²) >= 11 is 0. The van der Waals surface area contributed by atoms with Gasteiger partial charge in [0.15, 0.2) is 0 Å². The van der Waals surface area contributed by atoms with E-state index >= 15 is 0 Å². The predicted molar refractivity (Wildman–Crippen MR) is 138 cm³/mol. The van der Waals surface area contributed by atoms with Crippen LogP contribution in [0.1, 0.15) is 24.0 Å². The van der Waals surface area contributed by atoms with Gasteiger partial charge in [0.05, 0.1) is 6.04 Å². The molecule has 0 N–H and O–H groups in total. The summed E-state index contributed by atoms with van der Waals surface area (Å²) in [6, 6.07) is 28.2. The summed E-state index contributed by atoms with van der Waals surface area (Å²) in [6.07, 6.45) is 12.8. The maximum absolute atomic E-state index is 4.61. The molecule has 0 fully saturated rings. The van der Waals surface area contributed by atoms with Crippen molar-refractivity contribution in [3.63, 3.8) is 0 Å². The minimum atomic E-state index is 0.268. The summed E-state index contributed by atoms with van der Waals surface area (Å²) in [4.78, 5) is 2.42. The molecule has 1 heterocycles. The lowest BCUT2D eigenvalue weighted by atomic mass is 9.96. The Hall–Kier alpha value is -3.84. The first-order chi connectivity index (χ1) is 15.8. The maximum atomic E-state index is 4.61. The van der Waals surface area contributed by atoms with Crippen molar-refractivity contribution >= 4 is 16.8 Å². The van der Waals surface area contributed by atoms with E-state index in [1.807, 2.05) is 6.08 Å². The second-order valence-corrected chi connectivity index (χ2v) is 8.21. The molecular weight excluding hydrogens is 386 g/mol. The third-order valence-electron chi connectivity index (χ3n) is 6.31. The summed E-state index contributed by atoms with van der Waals surface area (Å²) < 4.78 is 0. The molecular formula is C31H27N. The summed E-state index contributed by atoms with van der Waals surface area (Å²) in [6.45, 7) is 8.61. The van der Waals surface area contributed by atoms with Gasteiger partial charge in [-0.15, -0.1) is 0 Å². The van der Waals surface area contributed by atoms with Crippen molar-refractivity contribution in [2.75, 3.05) is 4.90 Å². The fourth-order valence-corrected chi connectivity index (χ4v) is 4.85. The Balaban J connectivity index is 1.58. The third kappa shape index (κ3) is 3.56. The molecule has 0 saturated carbocycles. The van der Waals surface area contributed by atoms with E-state index in [0.717, 1.165) is 29.7 Å². The molecule has 0 amide bonds. The Morgan fingerprint density at radius 2 is 1.66 bits per heavy atom. The lowest BCUT2D eigenvalue weighted by Gasteiger charge is -2.30. The van der Waals surface area contributed by atoms with Gasteiger partial charge in [-0.3, -0.25) is 0 Å². The van der Waals surface area contributed by atoms with E-state index in [0.29, 0.717) is 0 Å². The van der Waals surface area contributed by atoms with Crippen LogP contribution >= 0.6 is 0 Å². The van der Waals surface area contributed by atoms with Crippen LogP contribution in [0.5, 0.6) is 0 Å². The van der Waals surface area contributed by atoms with Crippen LogP contribution in [-0.4, -0.2) is 6.04 Å². The second-order valence-electron chi connectivity index (χ2n) is 8.21. The van der Waals surface area contributed by atoms with Crippen molar-refractivity contribution in [1.82, 2.24) is 0 Å². The van der Waals surface area contributed by atoms with Crippen LogP contribution in [0.3, 0.4) is 0 Å². The van der Waals surface area contributed by atoms with Crippen LogP contribution in [0.15, 0.2) is 128 Å². The Morgan fingerprint density at radius 3 is 2.50 bits per heavy atom. The molecule has 0 aromatic heterocycles. The number of allylic oxidation sites excluding steroid dienone is 5. The van der Waals surface area contributed by atoms with Crippen molar-refractivity contribution < 1.29 is 0 Å². The van der Waals surface area contributed by atoms with E-state index in [-0.39, 0.29) is 6.04 Å². The molecule has 156 valence electrons. The van der Waals surface area contributed by atoms with Crippen LogP contribution in [0.2, 0.25) is 0 Å². The average Bonchev–Trinajstić information content (AvgIpc) is 2.97. The first-order valence-corrected chi connectivity index (χ1v) is 11.2. The highest BCUT2D eigenvalue weighted by molar-refractivity contribution is 5.95. The van der Waals surface area contributed by atoms with Gasteiger partial charge in [-0.25, -0.2) is 0 Å². The quantitative estimate of drug-likeness (QED) is 0.302. The van der Waals surface area contributed by atoms with Crippen LogP contribution in [0, 0.1) is 0 Å². The molecule has 1 nitrogen and oxygen atoms in total. The van der Waals surface area contributed by atoms with Crippen LogP contribution in [0.4, 0.5) is 5.69 Å². The predicted octanol–water partition coefficient (Wildman–Crippen LogP) is 8.06. The number of anilines is 1. The third-order valence-corrected chi connectivity index (χ3v) is 6.31. The Labute approximate surface area is 191 Å². The van der Waals surface area contributed by atoms with Crippen molar-refractivity contribution in [3.05, 3.63) is 139 Å². The van der Waals surface area contributed by atoms with Gasteiger partial charge in [0.25, 0.3) is 0 Å². The molecule has 0 spiro atoms. The van der Waals surface area contributed by atoms with E-state index in [1.165, 1.54) is 28.0 Å². The Bertz CT molecular complexity index is 1260. The van der Waals surface area contributed by atoms with Crippen LogP contribution in [-0.2, 0) is 0 Å². The monoisotopic (exact) mass is 413 g/mol. The van der Waals surface area contributed by atoms with Gasteiger partial charge in [-0.1, -0.05) is 110 Å². The van der Waals surface area contributed by atoms with E-state index in [2.05, 4.69) is 121 Å². The minimum absolute atomic E-state index is 0.268. The summed E-state index contributed by atoms with van der Waals surface area (Å²) in [5, 5.41) is 0. The number of hydrogen-bond donors (Lipinski definition) is 0. The van der Waals surface area contributed by atoms with Gasteiger partial charge in [-0.2, -0.15) is 0 Å². The first-order valence-electron chi connectivity index (χ1n) is 11.2. The molecule has 5 rings (SSSR count). The Kier molecular flexibility index (Phi) is 5.47. The molecule has 3 aromatic rings. The van der Waals surface area contributed by atoms with Crippen LogP contribution < -0.4 is 4.90 Å². The number of para-hydroxylation sites is 1. The number of nitrogens with zero attached hydrogens (tertiary/aromatic N) is 1. The lowest BCUT2D eigenvalue weighted by molar-refractivity contribution is 0.817. The van der Waals surface area contributed by atoms with Crippen molar-refractivity contribution in [3.8, 4) is 11.1 Å². The number of fused-ring (bicyclic) bond motifs is 3. The standard InChI is InChI=1S/C31H27N/c1-3-13-27(26-17-12-16-25(22-26)24-14-6-4-7-15-24)23(2)32-30-20-9-5-8-18-28(30)29-19-10-11-21-31(29)32/h3-7,9-19,21-22,30H,1-2,8,20H2/b27-13+. The molecule has 1 aliphatic heterocycles. The van der Waals surface area contributed by atoms with Crippen molar-refractivity contribution in [2.24, 2.45) is 0 Å². The van der Waals surface area contributed by atoms with E-state index < -0.39 is 0 Å². The van der Waals surface area contributed by atoms with Gasteiger partial charge in [-0.05, 0) is 47.2 Å². The lowest BCUT2D eigenvalue weighted by Crippen LogP contribution is -2.30. The summed E-state index contributed by atoms with van der Waals surface area (Å²) in [7, 11) is 0. The molecule has 1 atom stereocenters. The van der Waals surface area contributed by atoms with Gasteiger partial charge in [0.2, 0.25) is 0 Å². The highest BCUT2D eigenvalue weighted by atomic mass is 15.2. The van der Waals surface area contributed by atoms with Gasteiger partial charge >= 0.3 is 0 Å². The molecule has 2 aliphatic rings. The van der Waals surface area contributed by atoms with Gasteiger partial charge in [0.1, 0.15) is 0 Å². The number of benzene rings is 3. The molecule has 0 bridgehead atoms. The molecule has 32 heavy (non-hydrogen) atoms. The molecule has 1 heteroatoms. The van der Waals surface area contributed by atoms with E-state index in [4.69, 9.17) is 0 Å². The SMILES string of the molecule is C=C/C=C(\C(=C)N1c2ccccc2C2=CCC=CCC21)c1cccc(-c2ccccc2)c1.